The summed E-state index contributed by atoms with van der Waals surface area (Å²) in [4.78, 5) is 233. The van der Waals surface area contributed by atoms with E-state index in [2.05, 4.69) is 79.4 Å². The molecule has 1 saturated heterocycles. The van der Waals surface area contributed by atoms with Crippen molar-refractivity contribution in [3.63, 3.8) is 0 Å². The number of benzene rings is 5. The molecule has 686 valence electrons. The van der Waals surface area contributed by atoms with Crippen LogP contribution in [0.5, 0.6) is 5.75 Å². The number of aromatic amines is 1. The molecule has 0 spiro atoms. The number of aromatic hydroxyl groups is 1. The Kier molecular flexibility index (Phi) is 41.4. The molecule has 28 N–H and O–H groups in total. The fraction of sp³-hybridized carbons (Fsp3) is 0.435. The minimum Gasteiger partial charge on any atom is -0.508 e. The van der Waals surface area contributed by atoms with Crippen LogP contribution in [-0.4, -0.2) is 260 Å². The summed E-state index contributed by atoms with van der Waals surface area (Å²) in [6.07, 6.45) is -3.80. The number of aliphatic hydroxyl groups is 3. The third-order valence-electron chi connectivity index (χ3n) is 20.3. The second-order valence-electron chi connectivity index (χ2n) is 30.5. The van der Waals surface area contributed by atoms with Gasteiger partial charge in [-0.25, -0.2) is 4.79 Å². The summed E-state index contributed by atoms with van der Waals surface area (Å²) in [5, 5.41) is 88.6. The summed E-state index contributed by atoms with van der Waals surface area (Å²) < 4.78 is 0. The number of nitrogens with two attached hydrogens (primary N) is 4. The lowest BCUT2D eigenvalue weighted by molar-refractivity contribution is -0.142. The topological polar surface area (TPSA) is 663 Å². The Labute approximate surface area is 739 Å². The Hall–Kier alpha value is -12.6. The number of amides is 15. The molecule has 0 radical (unpaired) electrons. The van der Waals surface area contributed by atoms with Crippen molar-refractivity contribution >= 4 is 127 Å². The van der Waals surface area contributed by atoms with Crippen molar-refractivity contribution in [3.8, 4) is 5.75 Å². The van der Waals surface area contributed by atoms with E-state index >= 15 is 14.4 Å². The van der Waals surface area contributed by atoms with E-state index in [-0.39, 0.29) is 83.0 Å². The number of phenols is 1. The fourth-order valence-corrected chi connectivity index (χ4v) is 15.6. The van der Waals surface area contributed by atoms with Crippen molar-refractivity contribution in [2.75, 3.05) is 37.7 Å². The van der Waals surface area contributed by atoms with Crippen LogP contribution in [0.15, 0.2) is 146 Å². The summed E-state index contributed by atoms with van der Waals surface area (Å²) in [5.41, 5.74) is 26.7. The summed E-state index contributed by atoms with van der Waals surface area (Å²) >= 11 is 0. The third-order valence-corrected chi connectivity index (χ3v) is 22.8. The maximum Gasteiger partial charge on any atom is 0.327 e. The van der Waals surface area contributed by atoms with Gasteiger partial charge in [0.25, 0.3) is 0 Å². The van der Waals surface area contributed by atoms with E-state index in [1.165, 1.54) is 19.1 Å². The first kappa shape index (κ1) is 102. The number of hydrogen-bond acceptors (Lipinski definition) is 25. The van der Waals surface area contributed by atoms with Crippen LogP contribution in [0, 0.1) is 0 Å². The first-order valence-electron chi connectivity index (χ1n) is 41.2. The van der Waals surface area contributed by atoms with Gasteiger partial charge in [-0.2, -0.15) is 0 Å². The van der Waals surface area contributed by atoms with Crippen molar-refractivity contribution in [1.29, 1.82) is 0 Å². The van der Waals surface area contributed by atoms with Crippen molar-refractivity contribution in [2.24, 2.45) is 22.9 Å². The second-order valence-corrected chi connectivity index (χ2v) is 33.1. The molecule has 0 unspecified atom stereocenters. The molecule has 5 aromatic carbocycles. The number of aromatic nitrogens is 1. The van der Waals surface area contributed by atoms with Gasteiger partial charge in [-0.1, -0.05) is 143 Å². The first-order valence-corrected chi connectivity index (χ1v) is 43.7. The SMILES string of the molecule is C[C@H](NC(=O)[C@@H](N)Cc1ccc(O)cc1)C(=O)NCC(=O)N[C@@H]1CSSC[C@@H](C(=O)O)NC(=O)[C@H](CO)NC(=O)[C@H]([C@@H](C)O)NC(=O)[C@@H](Cc2ccccc2)NC(=O)[C@H]([C@@H](C)O)NC(=O)[C@H](CCCCN)NC(=O)[C@@H](Cc2c[nH]c3ccccc23)NC(=O)[C@H](Cc2ccccc2)NC(=O)[C@H](Cc2ccccc2)NC(=O)[C@H](CC(N)=O)NC(=O)[C@@H](CCCCN)NC1=O. The maximum absolute atomic E-state index is 15.5. The number of unbranched alkanes of at least 4 members (excludes halogenated alkanes) is 2. The Morgan fingerprint density at radius 2 is 0.874 bits per heavy atom. The number of rotatable bonds is 30. The van der Waals surface area contributed by atoms with Crippen LogP contribution >= 0.6 is 21.6 Å². The zero-order valence-electron chi connectivity index (χ0n) is 70.2. The highest BCUT2D eigenvalue weighted by Crippen LogP contribution is 2.25. The number of aliphatic carboxylic acids is 1. The van der Waals surface area contributed by atoms with Crippen molar-refractivity contribution in [2.45, 2.75) is 195 Å². The molecular formula is C85H113N19O21S2. The number of aliphatic hydroxyl groups excluding tert-OH is 3. The number of carboxylic acid groups (broad SMARTS) is 1. The lowest BCUT2D eigenvalue weighted by atomic mass is 10.00. The van der Waals surface area contributed by atoms with E-state index in [1.807, 2.05) is 0 Å². The van der Waals surface area contributed by atoms with Gasteiger partial charge in [-0.3, -0.25) is 71.9 Å². The van der Waals surface area contributed by atoms with Crippen LogP contribution in [0.2, 0.25) is 0 Å². The number of carbonyl (C=O) groups excluding carboxylic acids is 15. The normalized spacial score (nSPS) is 22.8. The molecule has 1 aliphatic heterocycles. The average Bonchev–Trinajstić information content (AvgIpc) is 1.65. The van der Waals surface area contributed by atoms with Gasteiger partial charge in [0.1, 0.15) is 84.3 Å². The zero-order valence-corrected chi connectivity index (χ0v) is 71.8. The number of primary amides is 1. The van der Waals surface area contributed by atoms with Gasteiger partial charge in [0.15, 0.2) is 0 Å². The molecule has 7 rings (SSSR count). The number of phenolic OH excluding ortho intramolecular Hbond substituents is 1. The van der Waals surface area contributed by atoms with E-state index in [0.717, 1.165) is 24.6 Å². The smallest absolute Gasteiger partial charge is 0.327 e. The van der Waals surface area contributed by atoms with Crippen LogP contribution in [0.1, 0.15) is 93.5 Å². The Balaban J connectivity index is 1.29. The number of H-pyrrole nitrogens is 1. The van der Waals surface area contributed by atoms with E-state index < -0.39 is 222 Å². The van der Waals surface area contributed by atoms with Gasteiger partial charge in [0, 0.05) is 54.3 Å². The van der Waals surface area contributed by atoms with Gasteiger partial charge in [0.2, 0.25) is 88.6 Å². The van der Waals surface area contributed by atoms with E-state index in [0.29, 0.717) is 55.9 Å². The summed E-state index contributed by atoms with van der Waals surface area (Å²) in [7, 11) is 1.41. The lowest BCUT2D eigenvalue weighted by Gasteiger charge is -2.29. The molecule has 0 aliphatic carbocycles. The van der Waals surface area contributed by atoms with Crippen LogP contribution in [0.4, 0.5) is 0 Å². The maximum atomic E-state index is 15.5. The third kappa shape index (κ3) is 33.4. The number of carboxylic acids is 1. The minimum atomic E-state index is -2.01. The van der Waals surface area contributed by atoms with E-state index in [4.69, 9.17) is 22.9 Å². The van der Waals surface area contributed by atoms with E-state index in [1.54, 1.807) is 134 Å². The summed E-state index contributed by atoms with van der Waals surface area (Å²) in [5.74, 6) is -19.2. The Morgan fingerprint density at radius 3 is 1.35 bits per heavy atom. The molecule has 1 fully saturated rings. The predicted molar refractivity (Wildman–Crippen MR) is 469 cm³/mol. The van der Waals surface area contributed by atoms with E-state index in [9.17, 15) is 87.9 Å². The van der Waals surface area contributed by atoms with Crippen molar-refractivity contribution < 1.29 is 102 Å². The van der Waals surface area contributed by atoms with Crippen molar-refractivity contribution in [3.05, 3.63) is 174 Å². The number of hydrogen-bond donors (Lipinski definition) is 24. The van der Waals surface area contributed by atoms with Crippen LogP contribution < -0.4 is 97.4 Å². The second kappa shape index (κ2) is 51.8. The summed E-state index contributed by atoms with van der Waals surface area (Å²) in [6.45, 7) is 1.59. The largest absolute Gasteiger partial charge is 0.508 e. The molecule has 1 aromatic heterocycles. The van der Waals surface area contributed by atoms with Crippen LogP contribution in [-0.2, 0) is 109 Å². The first-order chi connectivity index (χ1) is 60.6. The quantitative estimate of drug-likeness (QED) is 0.0149. The molecular weight excluding hydrogens is 1690 g/mol. The minimum absolute atomic E-state index is 0.00424. The van der Waals surface area contributed by atoms with Gasteiger partial charge in [0.05, 0.1) is 37.8 Å². The lowest BCUT2D eigenvalue weighted by Crippen LogP contribution is -2.63. The van der Waals surface area contributed by atoms with Crippen molar-refractivity contribution in [1.82, 2.24) is 79.4 Å². The molecule has 0 bridgehead atoms. The van der Waals surface area contributed by atoms with Gasteiger partial charge < -0.3 is 128 Å². The average molecular weight is 1800 g/mol. The highest BCUT2D eigenvalue weighted by atomic mass is 33.1. The van der Waals surface area contributed by atoms with Gasteiger partial charge >= 0.3 is 5.97 Å². The molecule has 40 nitrogen and oxygen atoms in total. The molecule has 127 heavy (non-hydrogen) atoms. The molecule has 6 aromatic rings. The highest BCUT2D eigenvalue weighted by Gasteiger charge is 2.40. The molecule has 15 amide bonds. The Bertz CT molecular complexity index is 4730. The number of para-hydroxylation sites is 1. The van der Waals surface area contributed by atoms with Gasteiger partial charge in [-0.05, 0) is 125 Å². The highest BCUT2D eigenvalue weighted by molar-refractivity contribution is 8.76. The molecule has 1 aliphatic rings. The number of fused-ring (bicyclic) bond motifs is 1. The van der Waals surface area contributed by atoms with Crippen LogP contribution in [0.3, 0.4) is 0 Å². The molecule has 42 heteroatoms. The predicted octanol–water partition coefficient (Wildman–Crippen LogP) is -4.48. The molecule has 0 saturated carbocycles. The molecule has 2 heterocycles. The zero-order chi connectivity index (χ0) is 92.8. The number of carbonyl (C=O) groups is 16. The van der Waals surface area contributed by atoms with Crippen LogP contribution in [0.25, 0.3) is 10.9 Å². The van der Waals surface area contributed by atoms with Gasteiger partial charge in [-0.15, -0.1) is 0 Å². The molecule has 16 atom stereocenters. The standard InChI is InChI=1S/C85H113N19O21S2/c1-46(92-73(112)56(88)35-52-29-31-54(108)32-30-52)72(111)91-42-69(110)93-66-44-126-127-45-67(85(124)125)102-81(120)65(43-105)101-84(123)71(48(3)107)104-80(119)62(38-51-23-11-6-12-24-51)100-83(122)70(47(2)106)103-75(114)59(28-16-18-34-87)94-78(117)63(39-53-41-90-57-26-14-13-25-55(53)57)98-77(116)61(37-50-21-9-5-10-22-50)96-76(115)60(36-49-19-7-4-8-20-49)97-79(118)64(40-68(89)109)99-74(113)58(95-82(66)121)27-15-17-33-86/h4-14,19-26,29-32,41,46-48,56,58-67,70-71,90,105-108H,15-18,27-28,33-40,42-45,86-88H2,1-3H3,(H2,89,109)(H,91,111)(H,92,112)(H,93,110)(H,94,117)(H,95,121)(H,96,115)(H,97,118)(H,98,116)(H,99,113)(H,100,122)(H,101,123)(H,102,120)(H,103,114)(H,104,119)(H,124,125)/t46-,47+,48+,56-,58+,59-,60-,61-,62+,63+,64-,65-,66+,67-,70-,71-/m0/s1. The monoisotopic (exact) mass is 1800 g/mol. The number of nitrogens with one attached hydrogen (secondary N) is 15. The summed E-state index contributed by atoms with van der Waals surface area (Å²) in [6, 6.07) is 13.4. The Morgan fingerprint density at radius 1 is 0.465 bits per heavy atom. The fourth-order valence-electron chi connectivity index (χ4n) is 13.3.